The average molecular weight is 257 g/mol. The Balaban J connectivity index is 2.53. The van der Waals surface area contributed by atoms with Gasteiger partial charge in [-0.15, -0.1) is 0 Å². The van der Waals surface area contributed by atoms with Crippen molar-refractivity contribution >= 4 is 5.69 Å². The van der Waals surface area contributed by atoms with E-state index in [0.717, 1.165) is 18.3 Å². The van der Waals surface area contributed by atoms with E-state index in [-0.39, 0.29) is 11.4 Å². The highest BCUT2D eigenvalue weighted by molar-refractivity contribution is 5.43. The van der Waals surface area contributed by atoms with Gasteiger partial charge in [0.05, 0.1) is 16.8 Å². The van der Waals surface area contributed by atoms with Crippen molar-refractivity contribution in [3.63, 3.8) is 0 Å². The highest BCUT2D eigenvalue weighted by atomic mass is 19.4. The van der Waals surface area contributed by atoms with Gasteiger partial charge in [-0.05, 0) is 12.1 Å². The predicted molar refractivity (Wildman–Crippen MR) is 55.2 cm³/mol. The fraction of sp³-hybridized carbons (Fsp3) is 0.100. The van der Waals surface area contributed by atoms with Gasteiger partial charge in [0.1, 0.15) is 5.69 Å². The molecular weight excluding hydrogens is 251 g/mol. The first-order valence-corrected chi connectivity index (χ1v) is 4.75. The molecule has 2 rings (SSSR count). The molecule has 0 N–H and O–H groups in total. The monoisotopic (exact) mass is 257 g/mol. The summed E-state index contributed by atoms with van der Waals surface area (Å²) in [7, 11) is 0. The molecule has 0 bridgehead atoms. The third-order valence-corrected chi connectivity index (χ3v) is 2.22. The number of halogens is 3. The first-order chi connectivity index (χ1) is 8.39. The van der Waals surface area contributed by atoms with Crippen LogP contribution in [0.1, 0.15) is 5.69 Å². The van der Waals surface area contributed by atoms with Crippen molar-refractivity contribution in [3.05, 3.63) is 52.3 Å². The average Bonchev–Trinajstić information content (AvgIpc) is 2.77. The maximum atomic E-state index is 12.6. The van der Waals surface area contributed by atoms with Crippen molar-refractivity contribution in [2.75, 3.05) is 0 Å². The number of nitro benzene ring substituents is 1. The summed E-state index contributed by atoms with van der Waals surface area (Å²) in [5.41, 5.74) is -1.29. The van der Waals surface area contributed by atoms with E-state index < -0.39 is 16.8 Å². The molecule has 0 unspecified atom stereocenters. The Kier molecular flexibility index (Phi) is 2.77. The largest absolute Gasteiger partial charge is 0.433 e. The number of hydrogen-bond acceptors (Lipinski definition) is 3. The van der Waals surface area contributed by atoms with E-state index in [9.17, 15) is 23.3 Å². The maximum Gasteiger partial charge on any atom is 0.433 e. The number of alkyl halides is 3. The highest BCUT2D eigenvalue weighted by Crippen LogP contribution is 2.31. The number of nitrogens with zero attached hydrogens (tertiary/aromatic N) is 3. The zero-order valence-electron chi connectivity index (χ0n) is 8.76. The van der Waals surface area contributed by atoms with Gasteiger partial charge in [0, 0.05) is 12.1 Å². The number of nitro groups is 1. The van der Waals surface area contributed by atoms with Crippen molar-refractivity contribution in [1.29, 1.82) is 0 Å². The van der Waals surface area contributed by atoms with Gasteiger partial charge in [-0.3, -0.25) is 10.1 Å². The molecule has 2 aromatic rings. The van der Waals surface area contributed by atoms with Crippen LogP contribution >= 0.6 is 0 Å². The summed E-state index contributed by atoms with van der Waals surface area (Å²) < 4.78 is 38.5. The topological polar surface area (TPSA) is 61.0 Å². The van der Waals surface area contributed by atoms with Crippen molar-refractivity contribution in [3.8, 4) is 5.69 Å². The SMILES string of the molecule is O=[N+]([O-])c1cccc(-n2nccc2C(F)(F)F)c1. The van der Waals surface area contributed by atoms with Crippen LogP contribution in [0.3, 0.4) is 0 Å². The minimum atomic E-state index is -4.57. The van der Waals surface area contributed by atoms with Gasteiger partial charge in [-0.2, -0.15) is 18.3 Å². The van der Waals surface area contributed by atoms with Gasteiger partial charge in [0.15, 0.2) is 0 Å². The lowest BCUT2D eigenvalue weighted by Crippen LogP contribution is -2.13. The summed E-state index contributed by atoms with van der Waals surface area (Å²) in [4.78, 5) is 9.88. The molecule has 0 saturated carbocycles. The lowest BCUT2D eigenvalue weighted by atomic mass is 10.2. The summed E-state index contributed by atoms with van der Waals surface area (Å²) in [5, 5.41) is 14.1. The first-order valence-electron chi connectivity index (χ1n) is 4.75. The lowest BCUT2D eigenvalue weighted by Gasteiger charge is -2.09. The fourth-order valence-corrected chi connectivity index (χ4v) is 1.46. The standard InChI is InChI=1S/C10H6F3N3O2/c11-10(12,13)9-4-5-14-15(9)7-2-1-3-8(6-7)16(17)18/h1-6H. The van der Waals surface area contributed by atoms with Gasteiger partial charge < -0.3 is 0 Å². The van der Waals surface area contributed by atoms with Crippen LogP contribution in [0.4, 0.5) is 18.9 Å². The minimum absolute atomic E-state index is 0.0125. The summed E-state index contributed by atoms with van der Waals surface area (Å²) in [5.74, 6) is 0. The Bertz CT molecular complexity index is 592. The van der Waals surface area contributed by atoms with Gasteiger partial charge in [0.25, 0.3) is 5.69 Å². The summed E-state index contributed by atoms with van der Waals surface area (Å²) in [6.45, 7) is 0. The van der Waals surface area contributed by atoms with Crippen molar-refractivity contribution < 1.29 is 18.1 Å². The van der Waals surface area contributed by atoms with E-state index in [0.29, 0.717) is 4.68 Å². The van der Waals surface area contributed by atoms with Crippen molar-refractivity contribution in [1.82, 2.24) is 9.78 Å². The molecule has 5 nitrogen and oxygen atoms in total. The molecule has 0 atom stereocenters. The van der Waals surface area contributed by atoms with Crippen molar-refractivity contribution in [2.24, 2.45) is 0 Å². The first kappa shape index (κ1) is 12.1. The van der Waals surface area contributed by atoms with E-state index in [1.165, 1.54) is 18.2 Å². The molecule has 0 saturated heterocycles. The molecule has 94 valence electrons. The van der Waals surface area contributed by atoms with Crippen LogP contribution in [0.25, 0.3) is 5.69 Å². The Labute approximate surface area is 98.6 Å². The number of rotatable bonds is 2. The predicted octanol–water partition coefficient (Wildman–Crippen LogP) is 2.80. The summed E-state index contributed by atoms with van der Waals surface area (Å²) in [6, 6.07) is 5.64. The number of aromatic nitrogens is 2. The quantitative estimate of drug-likeness (QED) is 0.613. The van der Waals surface area contributed by atoms with Gasteiger partial charge in [-0.1, -0.05) is 6.07 Å². The van der Waals surface area contributed by atoms with Crippen molar-refractivity contribution in [2.45, 2.75) is 6.18 Å². The number of hydrogen-bond donors (Lipinski definition) is 0. The van der Waals surface area contributed by atoms with Crippen LogP contribution in [-0.4, -0.2) is 14.7 Å². The summed E-state index contributed by atoms with van der Waals surface area (Å²) >= 11 is 0. The molecule has 0 aliphatic rings. The Morgan fingerprint density at radius 2 is 2.00 bits per heavy atom. The van der Waals surface area contributed by atoms with E-state index in [4.69, 9.17) is 0 Å². The normalized spacial score (nSPS) is 11.5. The van der Waals surface area contributed by atoms with E-state index >= 15 is 0 Å². The molecule has 0 aliphatic carbocycles. The van der Waals surface area contributed by atoms with Crippen LogP contribution < -0.4 is 0 Å². The fourth-order valence-electron chi connectivity index (χ4n) is 1.46. The zero-order chi connectivity index (χ0) is 13.3. The van der Waals surface area contributed by atoms with Crippen LogP contribution in [0.5, 0.6) is 0 Å². The van der Waals surface area contributed by atoms with E-state index in [1.54, 1.807) is 0 Å². The molecule has 0 spiro atoms. The molecule has 0 aliphatic heterocycles. The van der Waals surface area contributed by atoms with E-state index in [1.807, 2.05) is 0 Å². The van der Waals surface area contributed by atoms with E-state index in [2.05, 4.69) is 5.10 Å². The number of benzene rings is 1. The molecule has 1 aromatic carbocycles. The highest BCUT2D eigenvalue weighted by Gasteiger charge is 2.35. The van der Waals surface area contributed by atoms with Gasteiger partial charge in [-0.25, -0.2) is 4.68 Å². The summed E-state index contributed by atoms with van der Waals surface area (Å²) in [6.07, 6.45) is -3.58. The Morgan fingerprint density at radius 1 is 1.28 bits per heavy atom. The van der Waals surface area contributed by atoms with Crippen LogP contribution in [0, 0.1) is 10.1 Å². The van der Waals surface area contributed by atoms with Crippen LogP contribution in [0.2, 0.25) is 0 Å². The number of non-ortho nitro benzene ring substituents is 1. The smallest absolute Gasteiger partial charge is 0.258 e. The lowest BCUT2D eigenvalue weighted by molar-refractivity contribution is -0.384. The molecule has 0 fully saturated rings. The minimum Gasteiger partial charge on any atom is -0.258 e. The second kappa shape index (κ2) is 4.13. The van der Waals surface area contributed by atoms with Gasteiger partial charge in [0.2, 0.25) is 0 Å². The molecule has 1 aromatic heterocycles. The Hall–Kier alpha value is -2.38. The molecule has 0 radical (unpaired) electrons. The second-order valence-corrected chi connectivity index (χ2v) is 3.40. The third-order valence-electron chi connectivity index (χ3n) is 2.22. The third kappa shape index (κ3) is 2.17. The molecule has 18 heavy (non-hydrogen) atoms. The second-order valence-electron chi connectivity index (χ2n) is 3.40. The van der Waals surface area contributed by atoms with Crippen LogP contribution in [-0.2, 0) is 6.18 Å². The maximum absolute atomic E-state index is 12.6. The molecule has 1 heterocycles. The molecule has 0 amide bonds. The van der Waals surface area contributed by atoms with Gasteiger partial charge >= 0.3 is 6.18 Å². The zero-order valence-corrected chi connectivity index (χ0v) is 8.76. The van der Waals surface area contributed by atoms with Crippen LogP contribution in [0.15, 0.2) is 36.5 Å². The Morgan fingerprint density at radius 3 is 2.61 bits per heavy atom. The molecular formula is C10H6F3N3O2. The molecule has 8 heteroatoms.